The van der Waals surface area contributed by atoms with Crippen LogP contribution in [0.5, 0.6) is 0 Å². The van der Waals surface area contributed by atoms with Gasteiger partial charge in [-0.25, -0.2) is 4.98 Å². The van der Waals surface area contributed by atoms with Crippen molar-refractivity contribution in [3.05, 3.63) is 17.8 Å². The second-order valence-electron chi connectivity index (χ2n) is 7.13. The van der Waals surface area contributed by atoms with Gasteiger partial charge < -0.3 is 9.52 Å². The Balaban J connectivity index is 2.07. The zero-order valence-corrected chi connectivity index (χ0v) is 13.4. The molecule has 3 unspecified atom stereocenters. The van der Waals surface area contributed by atoms with Gasteiger partial charge in [0.25, 0.3) is 0 Å². The van der Waals surface area contributed by atoms with Crippen molar-refractivity contribution in [1.82, 2.24) is 9.88 Å². The third-order valence-corrected chi connectivity index (χ3v) is 4.34. The van der Waals surface area contributed by atoms with Gasteiger partial charge in [0, 0.05) is 12.0 Å². The minimum Gasteiger partial charge on any atom is -0.443 e. The van der Waals surface area contributed by atoms with E-state index in [2.05, 4.69) is 37.6 Å². The van der Waals surface area contributed by atoms with E-state index in [9.17, 15) is 5.11 Å². The molecule has 114 valence electrons. The lowest BCUT2D eigenvalue weighted by Crippen LogP contribution is -2.40. The molecule has 0 aliphatic carbocycles. The maximum atomic E-state index is 9.79. The molecule has 20 heavy (non-hydrogen) atoms. The van der Waals surface area contributed by atoms with Crippen LogP contribution in [-0.4, -0.2) is 34.2 Å². The molecule has 1 aromatic rings. The monoisotopic (exact) mass is 280 g/mol. The van der Waals surface area contributed by atoms with E-state index in [4.69, 9.17) is 4.42 Å². The molecule has 1 aliphatic rings. The van der Waals surface area contributed by atoms with E-state index in [0.29, 0.717) is 5.92 Å². The van der Waals surface area contributed by atoms with Crippen molar-refractivity contribution in [3.8, 4) is 0 Å². The first-order valence-electron chi connectivity index (χ1n) is 7.67. The molecule has 0 bridgehead atoms. The number of hydrogen-bond donors (Lipinski definition) is 1. The molecule has 0 aromatic carbocycles. The Morgan fingerprint density at radius 2 is 2.10 bits per heavy atom. The fraction of sp³-hybridized carbons (Fsp3) is 0.812. The number of nitrogens with zero attached hydrogens (tertiary/aromatic N) is 2. The topological polar surface area (TPSA) is 49.5 Å². The second-order valence-corrected chi connectivity index (χ2v) is 7.13. The molecular formula is C16H28N2O2. The maximum absolute atomic E-state index is 9.79. The summed E-state index contributed by atoms with van der Waals surface area (Å²) in [7, 11) is 0. The molecule has 0 amide bonds. The zero-order valence-electron chi connectivity index (χ0n) is 13.4. The van der Waals surface area contributed by atoms with Crippen LogP contribution in [0.25, 0.3) is 0 Å². The van der Waals surface area contributed by atoms with Crippen LogP contribution in [0.1, 0.15) is 65.2 Å². The average Bonchev–Trinajstić information content (AvgIpc) is 2.87. The quantitative estimate of drug-likeness (QED) is 0.924. The van der Waals surface area contributed by atoms with Gasteiger partial charge in [-0.3, -0.25) is 4.90 Å². The second kappa shape index (κ2) is 5.86. The van der Waals surface area contributed by atoms with E-state index in [-0.39, 0.29) is 17.6 Å². The largest absolute Gasteiger partial charge is 0.443 e. The summed E-state index contributed by atoms with van der Waals surface area (Å²) < 4.78 is 5.94. The summed E-state index contributed by atoms with van der Waals surface area (Å²) in [5.41, 5.74) is -0.00494. The molecule has 1 N–H and O–H groups in total. The first-order chi connectivity index (χ1) is 9.29. The van der Waals surface area contributed by atoms with Crippen LogP contribution in [0.3, 0.4) is 0 Å². The summed E-state index contributed by atoms with van der Waals surface area (Å²) in [5.74, 6) is 2.09. The first-order valence-corrected chi connectivity index (χ1v) is 7.67. The molecule has 3 atom stereocenters. The van der Waals surface area contributed by atoms with Gasteiger partial charge in [0.1, 0.15) is 5.76 Å². The fourth-order valence-electron chi connectivity index (χ4n) is 2.77. The predicted octanol–water partition coefficient (Wildman–Crippen LogP) is 3.13. The lowest BCUT2D eigenvalue weighted by atomic mass is 9.92. The van der Waals surface area contributed by atoms with Crippen molar-refractivity contribution < 1.29 is 9.52 Å². The van der Waals surface area contributed by atoms with E-state index in [1.54, 1.807) is 0 Å². The van der Waals surface area contributed by atoms with Gasteiger partial charge in [-0.1, -0.05) is 20.8 Å². The Bertz CT molecular complexity index is 434. The van der Waals surface area contributed by atoms with Crippen LogP contribution >= 0.6 is 0 Å². The van der Waals surface area contributed by atoms with Gasteiger partial charge in [-0.05, 0) is 39.2 Å². The SMILES string of the molecule is CC(O)C1CCCN(C(C)c2ncc(C(C)(C)C)o2)C1. The molecule has 1 aliphatic heterocycles. The number of likely N-dealkylation sites (tertiary alicyclic amines) is 1. The maximum Gasteiger partial charge on any atom is 0.211 e. The van der Waals surface area contributed by atoms with Crippen molar-refractivity contribution in [2.45, 2.75) is 65.0 Å². The Hall–Kier alpha value is -0.870. The van der Waals surface area contributed by atoms with Crippen LogP contribution < -0.4 is 0 Å². The Labute approximate surface area is 122 Å². The molecule has 2 heterocycles. The summed E-state index contributed by atoms with van der Waals surface area (Å²) >= 11 is 0. The number of hydrogen-bond acceptors (Lipinski definition) is 4. The van der Waals surface area contributed by atoms with Crippen molar-refractivity contribution >= 4 is 0 Å². The standard InChI is InChI=1S/C16H28N2O2/c1-11(15-17-9-14(20-15)16(3,4)5)18-8-6-7-13(10-18)12(2)19/h9,11-13,19H,6-8,10H2,1-5H3. The van der Waals surface area contributed by atoms with E-state index < -0.39 is 0 Å². The fourth-order valence-corrected chi connectivity index (χ4v) is 2.77. The number of aliphatic hydroxyl groups excluding tert-OH is 1. The summed E-state index contributed by atoms with van der Waals surface area (Å²) in [4.78, 5) is 6.83. The van der Waals surface area contributed by atoms with E-state index in [0.717, 1.165) is 37.6 Å². The molecule has 1 aromatic heterocycles. The van der Waals surface area contributed by atoms with Gasteiger partial charge in [-0.15, -0.1) is 0 Å². The van der Waals surface area contributed by atoms with Gasteiger partial charge >= 0.3 is 0 Å². The molecule has 0 radical (unpaired) electrons. The van der Waals surface area contributed by atoms with Gasteiger partial charge in [0.05, 0.1) is 18.3 Å². The molecule has 0 spiro atoms. The van der Waals surface area contributed by atoms with Gasteiger partial charge in [-0.2, -0.15) is 0 Å². The highest BCUT2D eigenvalue weighted by Gasteiger charge is 2.29. The highest BCUT2D eigenvalue weighted by molar-refractivity contribution is 5.07. The Morgan fingerprint density at radius 1 is 1.40 bits per heavy atom. The van der Waals surface area contributed by atoms with Crippen molar-refractivity contribution in [1.29, 1.82) is 0 Å². The van der Waals surface area contributed by atoms with Gasteiger partial charge in [0.2, 0.25) is 5.89 Å². The predicted molar refractivity (Wildman–Crippen MR) is 79.6 cm³/mol. The summed E-state index contributed by atoms with van der Waals surface area (Å²) in [6, 6.07) is 0.174. The summed E-state index contributed by atoms with van der Waals surface area (Å²) in [6.07, 6.45) is 3.86. The Kier molecular flexibility index (Phi) is 4.55. The van der Waals surface area contributed by atoms with Crippen molar-refractivity contribution in [2.75, 3.05) is 13.1 Å². The number of piperidine rings is 1. The summed E-state index contributed by atoms with van der Waals surface area (Å²) in [6.45, 7) is 12.4. The average molecular weight is 280 g/mol. The lowest BCUT2D eigenvalue weighted by molar-refractivity contribution is 0.0412. The molecule has 4 nitrogen and oxygen atoms in total. The van der Waals surface area contributed by atoms with Crippen LogP contribution in [0, 0.1) is 5.92 Å². The van der Waals surface area contributed by atoms with E-state index in [1.165, 1.54) is 0 Å². The van der Waals surface area contributed by atoms with E-state index >= 15 is 0 Å². The third kappa shape index (κ3) is 3.41. The van der Waals surface area contributed by atoms with Crippen molar-refractivity contribution in [2.24, 2.45) is 5.92 Å². The van der Waals surface area contributed by atoms with Crippen LogP contribution in [0.2, 0.25) is 0 Å². The van der Waals surface area contributed by atoms with Crippen LogP contribution in [0.15, 0.2) is 10.6 Å². The highest BCUT2D eigenvalue weighted by atomic mass is 16.4. The number of rotatable bonds is 3. The van der Waals surface area contributed by atoms with Crippen LogP contribution in [-0.2, 0) is 5.41 Å². The minimum absolute atomic E-state index is 0.00494. The van der Waals surface area contributed by atoms with Gasteiger partial charge in [0.15, 0.2) is 0 Å². The van der Waals surface area contributed by atoms with E-state index in [1.807, 2.05) is 13.1 Å². The zero-order chi connectivity index (χ0) is 14.9. The molecule has 2 rings (SSSR count). The first kappa shape index (κ1) is 15.5. The number of aromatic nitrogens is 1. The number of oxazole rings is 1. The molecular weight excluding hydrogens is 252 g/mol. The number of aliphatic hydroxyl groups is 1. The molecule has 1 fully saturated rings. The molecule has 0 saturated carbocycles. The molecule has 1 saturated heterocycles. The lowest BCUT2D eigenvalue weighted by Gasteiger charge is -2.36. The summed E-state index contributed by atoms with van der Waals surface area (Å²) in [5, 5.41) is 9.79. The molecule has 4 heteroatoms. The third-order valence-electron chi connectivity index (χ3n) is 4.34. The van der Waals surface area contributed by atoms with Crippen LogP contribution in [0.4, 0.5) is 0 Å². The Morgan fingerprint density at radius 3 is 2.65 bits per heavy atom. The van der Waals surface area contributed by atoms with Crippen molar-refractivity contribution in [3.63, 3.8) is 0 Å². The normalized spacial score (nSPS) is 24.6. The highest BCUT2D eigenvalue weighted by Crippen LogP contribution is 2.30. The smallest absolute Gasteiger partial charge is 0.211 e. The minimum atomic E-state index is -0.236.